The second kappa shape index (κ2) is 8.61. The SMILES string of the molecule is O=C(Cc1csc(-c2ccccc2)n1)Nc1ccc(N2C(=O)c3ccccc3C2=O)c(Cl)c1. The van der Waals surface area contributed by atoms with E-state index in [1.54, 1.807) is 36.4 Å². The van der Waals surface area contributed by atoms with E-state index in [1.165, 1.54) is 17.4 Å². The minimum Gasteiger partial charge on any atom is -0.326 e. The lowest BCUT2D eigenvalue weighted by Crippen LogP contribution is -2.29. The number of imide groups is 1. The molecule has 0 atom stereocenters. The number of carbonyl (C=O) groups is 3. The summed E-state index contributed by atoms with van der Waals surface area (Å²) in [7, 11) is 0. The molecule has 1 aromatic heterocycles. The van der Waals surface area contributed by atoms with Gasteiger partial charge in [0.25, 0.3) is 11.8 Å². The highest BCUT2D eigenvalue weighted by Gasteiger charge is 2.37. The molecule has 5 rings (SSSR count). The van der Waals surface area contributed by atoms with Crippen molar-refractivity contribution < 1.29 is 14.4 Å². The molecule has 33 heavy (non-hydrogen) atoms. The number of hydrogen-bond donors (Lipinski definition) is 1. The van der Waals surface area contributed by atoms with E-state index in [4.69, 9.17) is 11.6 Å². The van der Waals surface area contributed by atoms with Crippen molar-refractivity contribution in [3.05, 3.63) is 100 Å². The number of aromatic nitrogens is 1. The summed E-state index contributed by atoms with van der Waals surface area (Å²) in [6.45, 7) is 0. The standard InChI is InChI=1S/C25H16ClN3O3S/c26-20-12-16(10-11-21(20)29-24(31)18-8-4-5-9-19(18)25(29)32)27-22(30)13-17-14-33-23(28-17)15-6-2-1-3-7-15/h1-12,14H,13H2,(H,27,30). The monoisotopic (exact) mass is 473 g/mol. The molecule has 3 aromatic carbocycles. The number of rotatable bonds is 5. The molecule has 3 amide bonds. The third-order valence-electron chi connectivity index (χ3n) is 5.18. The average molecular weight is 474 g/mol. The highest BCUT2D eigenvalue weighted by atomic mass is 35.5. The van der Waals surface area contributed by atoms with Gasteiger partial charge in [-0.2, -0.15) is 0 Å². The van der Waals surface area contributed by atoms with Gasteiger partial charge in [0.05, 0.1) is 34.0 Å². The van der Waals surface area contributed by atoms with Crippen LogP contribution in [0.25, 0.3) is 10.6 Å². The summed E-state index contributed by atoms with van der Waals surface area (Å²) in [5, 5.41) is 5.69. The molecule has 1 N–H and O–H groups in total. The van der Waals surface area contributed by atoms with Crippen molar-refractivity contribution in [1.29, 1.82) is 0 Å². The van der Waals surface area contributed by atoms with Crippen molar-refractivity contribution in [2.75, 3.05) is 10.2 Å². The smallest absolute Gasteiger partial charge is 0.266 e. The highest BCUT2D eigenvalue weighted by Crippen LogP contribution is 2.35. The fourth-order valence-corrected chi connectivity index (χ4v) is 4.74. The molecule has 2 heterocycles. The number of anilines is 2. The quantitative estimate of drug-likeness (QED) is 0.391. The molecule has 0 radical (unpaired) electrons. The Morgan fingerprint density at radius 3 is 2.27 bits per heavy atom. The first-order valence-corrected chi connectivity index (χ1v) is 11.3. The van der Waals surface area contributed by atoms with Crippen LogP contribution in [0.15, 0.2) is 78.2 Å². The van der Waals surface area contributed by atoms with Gasteiger partial charge in [0, 0.05) is 16.6 Å². The number of thiazole rings is 1. The fourth-order valence-electron chi connectivity index (χ4n) is 3.65. The number of hydrogen-bond acceptors (Lipinski definition) is 5. The fraction of sp³-hybridized carbons (Fsp3) is 0.0400. The summed E-state index contributed by atoms with van der Waals surface area (Å²) in [5.74, 6) is -1.09. The average Bonchev–Trinajstić information content (AvgIpc) is 3.38. The normalized spacial score (nSPS) is 12.7. The van der Waals surface area contributed by atoms with Crippen LogP contribution in [0.3, 0.4) is 0 Å². The van der Waals surface area contributed by atoms with E-state index in [0.29, 0.717) is 22.5 Å². The third-order valence-corrected chi connectivity index (χ3v) is 6.42. The van der Waals surface area contributed by atoms with E-state index in [1.807, 2.05) is 35.7 Å². The maximum Gasteiger partial charge on any atom is 0.266 e. The van der Waals surface area contributed by atoms with Gasteiger partial charge >= 0.3 is 0 Å². The van der Waals surface area contributed by atoms with E-state index in [-0.39, 0.29) is 23.0 Å². The minimum absolute atomic E-state index is 0.112. The number of amides is 3. The Morgan fingerprint density at radius 1 is 0.939 bits per heavy atom. The van der Waals surface area contributed by atoms with Gasteiger partial charge in [-0.05, 0) is 30.3 Å². The van der Waals surface area contributed by atoms with Crippen LogP contribution < -0.4 is 10.2 Å². The van der Waals surface area contributed by atoms with Crippen LogP contribution in [0.4, 0.5) is 11.4 Å². The van der Waals surface area contributed by atoms with Crippen molar-refractivity contribution in [3.8, 4) is 10.6 Å². The highest BCUT2D eigenvalue weighted by molar-refractivity contribution is 7.13. The maximum absolute atomic E-state index is 12.7. The van der Waals surface area contributed by atoms with Crippen LogP contribution in [0, 0.1) is 0 Å². The lowest BCUT2D eigenvalue weighted by Gasteiger charge is -2.16. The minimum atomic E-state index is -0.424. The molecule has 0 saturated carbocycles. The zero-order valence-electron chi connectivity index (χ0n) is 17.1. The van der Waals surface area contributed by atoms with Crippen LogP contribution in [0.2, 0.25) is 5.02 Å². The van der Waals surface area contributed by atoms with Crippen molar-refractivity contribution in [1.82, 2.24) is 4.98 Å². The topological polar surface area (TPSA) is 79.4 Å². The third kappa shape index (κ3) is 4.04. The van der Waals surface area contributed by atoms with Gasteiger partial charge in [-0.1, -0.05) is 54.1 Å². The lowest BCUT2D eigenvalue weighted by atomic mass is 10.1. The predicted octanol–water partition coefficient (Wildman–Crippen LogP) is 5.45. The predicted molar refractivity (Wildman–Crippen MR) is 129 cm³/mol. The summed E-state index contributed by atoms with van der Waals surface area (Å²) in [6.07, 6.45) is 0.112. The van der Waals surface area contributed by atoms with Crippen molar-refractivity contribution in [3.63, 3.8) is 0 Å². The summed E-state index contributed by atoms with van der Waals surface area (Å²) in [4.78, 5) is 43.5. The van der Waals surface area contributed by atoms with Crippen LogP contribution >= 0.6 is 22.9 Å². The van der Waals surface area contributed by atoms with Gasteiger partial charge in [0.15, 0.2) is 0 Å². The van der Waals surface area contributed by atoms with E-state index in [0.717, 1.165) is 15.5 Å². The number of nitrogens with one attached hydrogen (secondary N) is 1. The lowest BCUT2D eigenvalue weighted by molar-refractivity contribution is -0.115. The van der Waals surface area contributed by atoms with Crippen LogP contribution in [0.5, 0.6) is 0 Å². The molecule has 162 valence electrons. The molecule has 0 saturated heterocycles. The van der Waals surface area contributed by atoms with Crippen molar-refractivity contribution in [2.45, 2.75) is 6.42 Å². The second-order valence-electron chi connectivity index (χ2n) is 7.39. The van der Waals surface area contributed by atoms with Gasteiger partial charge in [0.2, 0.25) is 5.91 Å². The van der Waals surface area contributed by atoms with Crippen LogP contribution in [-0.2, 0) is 11.2 Å². The van der Waals surface area contributed by atoms with Gasteiger partial charge in [-0.25, -0.2) is 9.88 Å². The summed E-state index contributed by atoms with van der Waals surface area (Å²) >= 11 is 7.87. The molecule has 0 aliphatic carbocycles. The summed E-state index contributed by atoms with van der Waals surface area (Å²) in [5.41, 5.74) is 3.09. The number of benzene rings is 3. The molecule has 6 nitrogen and oxygen atoms in total. The van der Waals surface area contributed by atoms with Crippen LogP contribution in [0.1, 0.15) is 26.4 Å². The Hall–Kier alpha value is -3.81. The molecule has 1 aliphatic rings. The Kier molecular flexibility index (Phi) is 5.50. The van der Waals surface area contributed by atoms with Gasteiger partial charge in [0.1, 0.15) is 5.01 Å². The first-order chi connectivity index (χ1) is 16.0. The van der Waals surface area contributed by atoms with E-state index < -0.39 is 11.8 Å². The zero-order chi connectivity index (χ0) is 22.9. The molecule has 8 heteroatoms. The Bertz CT molecular complexity index is 1370. The summed E-state index contributed by atoms with van der Waals surface area (Å²) in [6, 6.07) is 21.1. The summed E-state index contributed by atoms with van der Waals surface area (Å²) < 4.78 is 0. The van der Waals surface area contributed by atoms with Crippen molar-refractivity contribution >= 4 is 52.0 Å². The van der Waals surface area contributed by atoms with Gasteiger partial charge < -0.3 is 5.32 Å². The zero-order valence-corrected chi connectivity index (χ0v) is 18.7. The maximum atomic E-state index is 12.7. The Morgan fingerprint density at radius 2 is 1.61 bits per heavy atom. The van der Waals surface area contributed by atoms with Gasteiger partial charge in [-0.3, -0.25) is 14.4 Å². The number of carbonyl (C=O) groups excluding carboxylic acids is 3. The van der Waals surface area contributed by atoms with Crippen molar-refractivity contribution in [2.24, 2.45) is 0 Å². The Balaban J connectivity index is 1.29. The van der Waals surface area contributed by atoms with Gasteiger partial charge in [-0.15, -0.1) is 11.3 Å². The molecule has 0 fully saturated rings. The molecular weight excluding hydrogens is 458 g/mol. The van der Waals surface area contributed by atoms with Crippen LogP contribution in [-0.4, -0.2) is 22.7 Å². The molecule has 0 unspecified atom stereocenters. The molecule has 4 aromatic rings. The van der Waals surface area contributed by atoms with E-state index >= 15 is 0 Å². The number of nitrogens with zero attached hydrogens (tertiary/aromatic N) is 2. The first-order valence-electron chi connectivity index (χ1n) is 10.1. The molecule has 0 spiro atoms. The largest absolute Gasteiger partial charge is 0.326 e. The molecule has 1 aliphatic heterocycles. The Labute approximate surface area is 198 Å². The number of halogens is 1. The molecule has 0 bridgehead atoms. The second-order valence-corrected chi connectivity index (χ2v) is 8.66. The van der Waals surface area contributed by atoms with E-state index in [9.17, 15) is 14.4 Å². The molecular formula is C25H16ClN3O3S. The number of fused-ring (bicyclic) bond motifs is 1. The first kappa shape index (κ1) is 21.1. The van der Waals surface area contributed by atoms with E-state index in [2.05, 4.69) is 10.3 Å².